The number of quaternary nitrogens is 2. The Morgan fingerprint density at radius 2 is 1.92 bits per heavy atom. The first-order valence-corrected chi connectivity index (χ1v) is 9.67. The molecule has 4 N–H and O–H groups in total. The van der Waals surface area contributed by atoms with Crippen molar-refractivity contribution in [1.29, 1.82) is 0 Å². The van der Waals surface area contributed by atoms with Crippen molar-refractivity contribution < 1.29 is 19.4 Å². The number of amides is 3. The van der Waals surface area contributed by atoms with Crippen LogP contribution in [0, 0.1) is 0 Å². The second-order valence-corrected chi connectivity index (χ2v) is 8.19. The van der Waals surface area contributed by atoms with Crippen molar-refractivity contribution in [3.8, 4) is 0 Å². The van der Waals surface area contributed by atoms with Crippen LogP contribution in [0.2, 0.25) is 4.34 Å². The maximum atomic E-state index is 12.0. The number of urea groups is 1. The maximum Gasteiger partial charge on any atom is 0.321 e. The van der Waals surface area contributed by atoms with Gasteiger partial charge in [-0.15, -0.1) is 11.3 Å². The minimum absolute atomic E-state index is 0.0723. The first-order chi connectivity index (χ1) is 11.5. The van der Waals surface area contributed by atoms with Crippen molar-refractivity contribution in [3.05, 3.63) is 21.3 Å². The molecule has 8 heteroatoms. The molecule has 0 aliphatic carbocycles. The number of carbonyl (C=O) groups excluding carboxylic acids is 2. The van der Waals surface area contributed by atoms with E-state index in [1.165, 1.54) is 14.7 Å². The number of hydrogen-bond acceptors (Lipinski definition) is 3. The van der Waals surface area contributed by atoms with Gasteiger partial charge in [-0.1, -0.05) is 18.5 Å². The van der Waals surface area contributed by atoms with Gasteiger partial charge in [0, 0.05) is 6.04 Å². The highest BCUT2D eigenvalue weighted by molar-refractivity contribution is 7.16. The first-order valence-electron chi connectivity index (χ1n) is 8.48. The Kier molecular flexibility index (Phi) is 7.48. The van der Waals surface area contributed by atoms with E-state index in [0.29, 0.717) is 6.54 Å². The Balaban J connectivity index is 1.67. The van der Waals surface area contributed by atoms with Crippen LogP contribution < -0.4 is 20.4 Å². The van der Waals surface area contributed by atoms with Crippen LogP contribution in [0.25, 0.3) is 0 Å². The summed E-state index contributed by atoms with van der Waals surface area (Å²) in [6.45, 7) is 9.18. The van der Waals surface area contributed by atoms with Crippen LogP contribution in [-0.4, -0.2) is 50.7 Å². The van der Waals surface area contributed by atoms with Crippen LogP contribution in [0.1, 0.15) is 25.1 Å². The predicted molar refractivity (Wildman–Crippen MR) is 95.7 cm³/mol. The van der Waals surface area contributed by atoms with Crippen LogP contribution in [-0.2, 0) is 11.3 Å². The Morgan fingerprint density at radius 1 is 1.25 bits per heavy atom. The number of hydrogen-bond donors (Lipinski definition) is 4. The molecule has 3 amide bonds. The molecule has 0 saturated carbocycles. The lowest BCUT2D eigenvalue weighted by atomic mass is 10.3. The van der Waals surface area contributed by atoms with Crippen molar-refractivity contribution in [2.45, 2.75) is 32.9 Å². The van der Waals surface area contributed by atoms with E-state index >= 15 is 0 Å². The van der Waals surface area contributed by atoms with E-state index in [2.05, 4.69) is 16.7 Å². The Labute approximate surface area is 152 Å². The molecule has 0 bridgehead atoms. The second kappa shape index (κ2) is 9.36. The van der Waals surface area contributed by atoms with Crippen LogP contribution in [0.3, 0.4) is 0 Å². The molecule has 0 unspecified atom stereocenters. The quantitative estimate of drug-likeness (QED) is 0.532. The van der Waals surface area contributed by atoms with E-state index in [9.17, 15) is 9.59 Å². The largest absolute Gasteiger partial charge is 0.335 e. The number of thiophene rings is 1. The fourth-order valence-corrected chi connectivity index (χ4v) is 3.92. The summed E-state index contributed by atoms with van der Waals surface area (Å²) in [5.41, 5.74) is 0. The summed E-state index contributed by atoms with van der Waals surface area (Å²) in [6.07, 6.45) is 0.840. The summed E-state index contributed by atoms with van der Waals surface area (Å²) < 4.78 is 0.834. The number of piperazine rings is 1. The molecular formula is C16H27ClN4O2S+2. The molecule has 1 fully saturated rings. The van der Waals surface area contributed by atoms with Crippen LogP contribution in [0.5, 0.6) is 0 Å². The highest BCUT2D eigenvalue weighted by atomic mass is 35.5. The molecule has 0 spiro atoms. The Bertz CT molecular complexity index is 558. The van der Waals surface area contributed by atoms with Gasteiger partial charge in [-0.05, 0) is 25.5 Å². The molecule has 2 heterocycles. The third kappa shape index (κ3) is 6.39. The summed E-state index contributed by atoms with van der Waals surface area (Å²) in [5.74, 6) is -0.209. The van der Waals surface area contributed by atoms with E-state index in [4.69, 9.17) is 11.6 Å². The summed E-state index contributed by atoms with van der Waals surface area (Å²) in [5, 5.41) is 5.16. The molecule has 134 valence electrons. The lowest BCUT2D eigenvalue weighted by Crippen LogP contribution is -3.28. The molecule has 1 atom stereocenters. The normalized spacial score (nSPS) is 22.0. The number of halogens is 1. The van der Waals surface area contributed by atoms with Crippen molar-refractivity contribution in [3.63, 3.8) is 0 Å². The summed E-state index contributed by atoms with van der Waals surface area (Å²) >= 11 is 7.60. The summed E-state index contributed by atoms with van der Waals surface area (Å²) in [7, 11) is 0. The zero-order valence-electron chi connectivity index (χ0n) is 14.3. The Morgan fingerprint density at radius 3 is 2.50 bits per heavy atom. The van der Waals surface area contributed by atoms with E-state index in [0.717, 1.165) is 43.5 Å². The van der Waals surface area contributed by atoms with Gasteiger partial charge < -0.3 is 15.1 Å². The van der Waals surface area contributed by atoms with E-state index in [-0.39, 0.29) is 11.9 Å². The molecule has 2 rings (SSSR count). The zero-order chi connectivity index (χ0) is 17.5. The van der Waals surface area contributed by atoms with Crippen molar-refractivity contribution in [2.75, 3.05) is 32.7 Å². The molecule has 0 aromatic carbocycles. The van der Waals surface area contributed by atoms with Crippen LogP contribution in [0.4, 0.5) is 4.79 Å². The third-order valence-corrected chi connectivity index (χ3v) is 5.60. The van der Waals surface area contributed by atoms with Gasteiger partial charge in [-0.25, -0.2) is 4.79 Å². The average molecular weight is 375 g/mol. The number of rotatable bonds is 6. The number of nitrogens with one attached hydrogen (secondary N) is 4. The summed E-state index contributed by atoms with van der Waals surface area (Å²) in [6, 6.07) is 3.70. The highest BCUT2D eigenvalue weighted by Crippen LogP contribution is 2.20. The van der Waals surface area contributed by atoms with Gasteiger partial charge in [0.05, 0.1) is 9.21 Å². The molecule has 24 heavy (non-hydrogen) atoms. The van der Waals surface area contributed by atoms with Gasteiger partial charge in [0.2, 0.25) is 0 Å². The second-order valence-electron chi connectivity index (χ2n) is 6.39. The smallest absolute Gasteiger partial charge is 0.321 e. The van der Waals surface area contributed by atoms with Gasteiger partial charge >= 0.3 is 6.03 Å². The average Bonchev–Trinajstić information content (AvgIpc) is 2.94. The van der Waals surface area contributed by atoms with E-state index < -0.39 is 6.03 Å². The topological polar surface area (TPSA) is 67.1 Å². The SMILES string of the molecule is CC[C@H](C)NC(=O)NC(=O)C[NH+]1CC[NH+](Cc2ccc(Cl)s2)CC1. The molecule has 6 nitrogen and oxygen atoms in total. The molecule has 0 radical (unpaired) electrons. The van der Waals surface area contributed by atoms with Crippen molar-refractivity contribution >= 4 is 34.9 Å². The highest BCUT2D eigenvalue weighted by Gasteiger charge is 2.25. The lowest BCUT2D eigenvalue weighted by Gasteiger charge is -2.29. The van der Waals surface area contributed by atoms with Gasteiger partial charge in [0.1, 0.15) is 32.7 Å². The van der Waals surface area contributed by atoms with Crippen molar-refractivity contribution in [1.82, 2.24) is 10.6 Å². The maximum absolute atomic E-state index is 12.0. The fraction of sp³-hybridized carbons (Fsp3) is 0.625. The zero-order valence-corrected chi connectivity index (χ0v) is 15.9. The molecule has 1 aliphatic rings. The number of carbonyl (C=O) groups is 2. The minimum atomic E-state index is -0.396. The lowest BCUT2D eigenvalue weighted by molar-refractivity contribution is -1.01. The molecule has 1 aromatic rings. The standard InChI is InChI=1S/C16H25ClN4O2S/c1-3-12(2)18-16(23)19-15(22)11-21-8-6-20(7-9-21)10-13-4-5-14(17)24-13/h4-5,12H,3,6-11H2,1-2H3,(H2,18,19,22,23)/p+2/t12-/m0/s1. The van der Waals surface area contributed by atoms with Crippen LogP contribution in [0.15, 0.2) is 12.1 Å². The van der Waals surface area contributed by atoms with Gasteiger partial charge in [-0.2, -0.15) is 0 Å². The monoisotopic (exact) mass is 374 g/mol. The first kappa shape index (κ1) is 19.2. The number of imide groups is 1. The molecule has 1 saturated heterocycles. The fourth-order valence-electron chi connectivity index (χ4n) is 2.76. The molecular weight excluding hydrogens is 348 g/mol. The summed E-state index contributed by atoms with van der Waals surface area (Å²) in [4.78, 5) is 27.7. The van der Waals surface area contributed by atoms with Crippen molar-refractivity contribution in [2.24, 2.45) is 0 Å². The van der Waals surface area contributed by atoms with Gasteiger partial charge in [0.25, 0.3) is 5.91 Å². The third-order valence-electron chi connectivity index (χ3n) is 4.37. The van der Waals surface area contributed by atoms with E-state index in [1.807, 2.05) is 19.9 Å². The van der Waals surface area contributed by atoms with E-state index in [1.54, 1.807) is 11.3 Å². The molecule has 1 aromatic heterocycles. The molecule has 1 aliphatic heterocycles. The predicted octanol–water partition coefficient (Wildman–Crippen LogP) is -0.691. The Hall–Kier alpha value is -1.15. The minimum Gasteiger partial charge on any atom is -0.335 e. The van der Waals surface area contributed by atoms with Gasteiger partial charge in [-0.3, -0.25) is 10.1 Å². The van der Waals surface area contributed by atoms with Crippen LogP contribution >= 0.6 is 22.9 Å². The van der Waals surface area contributed by atoms with Gasteiger partial charge in [0.15, 0.2) is 6.54 Å².